The van der Waals surface area contributed by atoms with Crippen molar-refractivity contribution >= 4 is 17.1 Å². The highest BCUT2D eigenvalue weighted by Crippen LogP contribution is 2.05. The van der Waals surface area contributed by atoms with Crippen LogP contribution in [-0.2, 0) is 0 Å². The lowest BCUT2D eigenvalue weighted by Gasteiger charge is -1.88. The summed E-state index contributed by atoms with van der Waals surface area (Å²) >= 11 is 1.30. The monoisotopic (exact) mass is 156 g/mol. The van der Waals surface area contributed by atoms with Crippen LogP contribution in [0.15, 0.2) is 5.51 Å². The van der Waals surface area contributed by atoms with Crippen molar-refractivity contribution in [1.82, 2.24) is 10.2 Å². The third kappa shape index (κ3) is 1.60. The van der Waals surface area contributed by atoms with Crippen LogP contribution in [0.5, 0.6) is 0 Å². The molecule has 0 fully saturated rings. The van der Waals surface area contributed by atoms with E-state index in [9.17, 15) is 4.79 Å². The van der Waals surface area contributed by atoms with Crippen LogP contribution in [0.2, 0.25) is 0 Å². The van der Waals surface area contributed by atoms with E-state index in [1.807, 2.05) is 6.92 Å². The van der Waals surface area contributed by atoms with Gasteiger partial charge in [0.1, 0.15) is 5.51 Å². The van der Waals surface area contributed by atoms with Crippen LogP contribution in [0.25, 0.3) is 0 Å². The molecule has 54 valence electrons. The van der Waals surface area contributed by atoms with Crippen molar-refractivity contribution in [3.63, 3.8) is 0 Å². The van der Waals surface area contributed by atoms with Crippen LogP contribution in [0.1, 0.15) is 29.6 Å². The van der Waals surface area contributed by atoms with E-state index in [0.29, 0.717) is 11.4 Å². The summed E-state index contributed by atoms with van der Waals surface area (Å²) in [5.74, 6) is 0.102. The highest BCUT2D eigenvalue weighted by molar-refractivity contribution is 7.11. The normalized spacial score (nSPS) is 9.70. The van der Waals surface area contributed by atoms with E-state index in [1.54, 1.807) is 5.51 Å². The molecule has 3 nitrogen and oxygen atoms in total. The highest BCUT2D eigenvalue weighted by atomic mass is 32.1. The van der Waals surface area contributed by atoms with E-state index in [4.69, 9.17) is 0 Å². The Morgan fingerprint density at radius 3 is 3.10 bits per heavy atom. The number of rotatable bonds is 3. The van der Waals surface area contributed by atoms with Crippen molar-refractivity contribution in [2.24, 2.45) is 0 Å². The predicted molar refractivity (Wildman–Crippen MR) is 39.1 cm³/mol. The van der Waals surface area contributed by atoms with E-state index in [2.05, 4.69) is 10.2 Å². The minimum Gasteiger partial charge on any atom is -0.291 e. The average molecular weight is 156 g/mol. The van der Waals surface area contributed by atoms with Gasteiger partial charge in [-0.2, -0.15) is 0 Å². The number of carbonyl (C=O) groups excluding carboxylic acids is 1. The Labute approximate surface area is 63.1 Å². The van der Waals surface area contributed by atoms with E-state index in [0.717, 1.165) is 6.42 Å². The number of aromatic nitrogens is 2. The molecule has 0 N–H and O–H groups in total. The standard InChI is InChI=1S/C6H8N2OS/c1-2-3-5(9)6-8-7-4-10-6/h4H,2-3H2,1H3. The molecule has 0 atom stereocenters. The predicted octanol–water partition coefficient (Wildman–Crippen LogP) is 1.52. The number of nitrogens with zero attached hydrogens (tertiary/aromatic N) is 2. The lowest BCUT2D eigenvalue weighted by Crippen LogP contribution is -1.96. The van der Waals surface area contributed by atoms with Gasteiger partial charge in [-0.25, -0.2) is 0 Å². The molecule has 1 aromatic heterocycles. The summed E-state index contributed by atoms with van der Waals surface area (Å²) in [5, 5.41) is 7.76. The topological polar surface area (TPSA) is 42.9 Å². The number of carbonyl (C=O) groups is 1. The zero-order valence-corrected chi connectivity index (χ0v) is 6.52. The minimum atomic E-state index is 0.102. The van der Waals surface area contributed by atoms with Crippen LogP contribution in [0, 0.1) is 0 Å². The lowest BCUT2D eigenvalue weighted by atomic mass is 10.2. The molecule has 0 saturated carbocycles. The Morgan fingerprint density at radius 1 is 1.80 bits per heavy atom. The first-order chi connectivity index (χ1) is 4.84. The maximum Gasteiger partial charge on any atom is 0.193 e. The smallest absolute Gasteiger partial charge is 0.193 e. The molecule has 1 rings (SSSR count). The van der Waals surface area contributed by atoms with E-state index in [1.165, 1.54) is 11.3 Å². The van der Waals surface area contributed by atoms with Crippen molar-refractivity contribution in [2.45, 2.75) is 19.8 Å². The summed E-state index contributed by atoms with van der Waals surface area (Å²) in [4.78, 5) is 11.0. The van der Waals surface area contributed by atoms with Crippen LogP contribution >= 0.6 is 11.3 Å². The largest absolute Gasteiger partial charge is 0.291 e. The molecule has 4 heteroatoms. The zero-order valence-electron chi connectivity index (χ0n) is 5.70. The van der Waals surface area contributed by atoms with Crippen molar-refractivity contribution < 1.29 is 4.79 Å². The number of Topliss-reactive ketones (excluding diaryl/α,β-unsaturated/α-hetero) is 1. The van der Waals surface area contributed by atoms with Gasteiger partial charge in [0.15, 0.2) is 10.8 Å². The molecule has 0 bridgehead atoms. The molecule has 0 radical (unpaired) electrons. The Hall–Kier alpha value is -0.770. The first-order valence-electron chi connectivity index (χ1n) is 3.14. The Bertz CT molecular complexity index is 208. The van der Waals surface area contributed by atoms with E-state index in [-0.39, 0.29) is 5.78 Å². The second-order valence-electron chi connectivity index (χ2n) is 1.92. The van der Waals surface area contributed by atoms with Crippen molar-refractivity contribution in [3.05, 3.63) is 10.5 Å². The van der Waals surface area contributed by atoms with Crippen LogP contribution < -0.4 is 0 Å². The van der Waals surface area contributed by atoms with Gasteiger partial charge in [-0.15, -0.1) is 10.2 Å². The van der Waals surface area contributed by atoms with E-state index < -0.39 is 0 Å². The van der Waals surface area contributed by atoms with Gasteiger partial charge in [-0.05, 0) is 6.42 Å². The van der Waals surface area contributed by atoms with Gasteiger partial charge in [0.2, 0.25) is 0 Å². The van der Waals surface area contributed by atoms with Crippen molar-refractivity contribution in [1.29, 1.82) is 0 Å². The Morgan fingerprint density at radius 2 is 2.60 bits per heavy atom. The summed E-state index contributed by atoms with van der Waals surface area (Å²) in [6, 6.07) is 0. The molecular formula is C6H8N2OS. The summed E-state index contributed by atoms with van der Waals surface area (Å²) in [6.07, 6.45) is 1.45. The molecule has 1 aromatic rings. The number of hydrogen-bond acceptors (Lipinski definition) is 4. The lowest BCUT2D eigenvalue weighted by molar-refractivity contribution is 0.0980. The maximum absolute atomic E-state index is 11.0. The molecule has 0 spiro atoms. The summed E-state index contributed by atoms with van der Waals surface area (Å²) in [7, 11) is 0. The van der Waals surface area contributed by atoms with Gasteiger partial charge in [0, 0.05) is 6.42 Å². The second kappa shape index (κ2) is 3.41. The summed E-state index contributed by atoms with van der Waals surface area (Å²) in [6.45, 7) is 1.97. The first kappa shape index (κ1) is 7.34. The Kier molecular flexibility index (Phi) is 2.50. The molecule has 1 heterocycles. The molecular weight excluding hydrogens is 148 g/mol. The minimum absolute atomic E-state index is 0.102. The van der Waals surface area contributed by atoms with E-state index >= 15 is 0 Å². The molecule has 0 amide bonds. The molecule has 0 aliphatic heterocycles. The van der Waals surface area contributed by atoms with Crippen molar-refractivity contribution in [3.8, 4) is 0 Å². The second-order valence-corrected chi connectivity index (χ2v) is 2.75. The molecule has 0 aliphatic rings. The molecule has 0 unspecified atom stereocenters. The number of ketones is 1. The van der Waals surface area contributed by atoms with Gasteiger partial charge in [-0.1, -0.05) is 18.3 Å². The zero-order chi connectivity index (χ0) is 7.40. The van der Waals surface area contributed by atoms with Crippen LogP contribution in [-0.4, -0.2) is 16.0 Å². The van der Waals surface area contributed by atoms with Crippen molar-refractivity contribution in [2.75, 3.05) is 0 Å². The molecule has 0 aromatic carbocycles. The third-order valence-electron chi connectivity index (χ3n) is 1.08. The fourth-order valence-electron chi connectivity index (χ4n) is 0.629. The maximum atomic E-state index is 11.0. The SMILES string of the molecule is CCCC(=O)c1nncs1. The highest BCUT2D eigenvalue weighted by Gasteiger charge is 2.06. The Balaban J connectivity index is 2.59. The first-order valence-corrected chi connectivity index (χ1v) is 4.02. The quantitative estimate of drug-likeness (QED) is 0.623. The summed E-state index contributed by atoms with van der Waals surface area (Å²) < 4.78 is 0. The fraction of sp³-hybridized carbons (Fsp3) is 0.500. The van der Waals surface area contributed by atoms with Crippen LogP contribution in [0.3, 0.4) is 0 Å². The molecule has 0 saturated heterocycles. The van der Waals surface area contributed by atoms with Crippen LogP contribution in [0.4, 0.5) is 0 Å². The van der Waals surface area contributed by atoms with Gasteiger partial charge in [0.05, 0.1) is 0 Å². The molecule has 0 aliphatic carbocycles. The van der Waals surface area contributed by atoms with Gasteiger partial charge in [0.25, 0.3) is 0 Å². The average Bonchev–Trinajstić information content (AvgIpc) is 2.38. The fourth-order valence-corrected chi connectivity index (χ4v) is 1.15. The van der Waals surface area contributed by atoms with Gasteiger partial charge >= 0.3 is 0 Å². The van der Waals surface area contributed by atoms with Gasteiger partial charge in [-0.3, -0.25) is 4.79 Å². The third-order valence-corrected chi connectivity index (χ3v) is 1.81. The number of hydrogen-bond donors (Lipinski definition) is 0. The molecule has 10 heavy (non-hydrogen) atoms. The van der Waals surface area contributed by atoms with Gasteiger partial charge < -0.3 is 0 Å². The summed E-state index contributed by atoms with van der Waals surface area (Å²) in [5.41, 5.74) is 1.57.